The fraction of sp³-hybridized carbons (Fsp3) is 0.143. The predicted octanol–water partition coefficient (Wildman–Crippen LogP) is 6.81. The number of nitrogens with zero attached hydrogens (tertiary/aromatic N) is 2. The van der Waals surface area contributed by atoms with Crippen molar-refractivity contribution in [3.63, 3.8) is 0 Å². The second kappa shape index (κ2) is 11.4. The number of allylic oxidation sites excluding steroid dienone is 1. The average Bonchev–Trinajstić information content (AvgIpc) is 3.34. The summed E-state index contributed by atoms with van der Waals surface area (Å²) in [4.78, 5) is 19.8. The smallest absolute Gasteiger partial charge is 0.271 e. The highest BCUT2D eigenvalue weighted by atomic mass is 79.9. The molecule has 1 aromatic heterocycles. The summed E-state index contributed by atoms with van der Waals surface area (Å²) in [6.07, 6.45) is 3.62. The van der Waals surface area contributed by atoms with Crippen molar-refractivity contribution in [1.82, 2.24) is 4.57 Å². The summed E-state index contributed by atoms with van der Waals surface area (Å²) >= 11 is 4.98. The Hall–Kier alpha value is -4.27. The molecule has 8 heteroatoms. The van der Waals surface area contributed by atoms with Crippen LogP contribution in [-0.4, -0.2) is 11.7 Å². The van der Waals surface area contributed by atoms with Crippen LogP contribution in [0.1, 0.15) is 40.3 Å². The van der Waals surface area contributed by atoms with Crippen LogP contribution in [0.3, 0.4) is 0 Å². The molecule has 0 bridgehead atoms. The van der Waals surface area contributed by atoms with E-state index in [1.165, 1.54) is 28.5 Å². The Bertz CT molecular complexity index is 2080. The van der Waals surface area contributed by atoms with Crippen LogP contribution in [0.5, 0.6) is 11.5 Å². The molecule has 214 valence electrons. The van der Waals surface area contributed by atoms with E-state index in [1.54, 1.807) is 25.3 Å². The summed E-state index contributed by atoms with van der Waals surface area (Å²) in [6, 6.07) is 28.6. The number of hydrogen-bond donors (Lipinski definition) is 0. The van der Waals surface area contributed by atoms with Gasteiger partial charge in [-0.15, -0.1) is 0 Å². The van der Waals surface area contributed by atoms with E-state index >= 15 is 0 Å². The standard InChI is InChI=1S/C35H26BrFN2O3S/c1-41-29-18-21(17-27(36)33(29)42-20-24-12-6-8-14-28(24)37)19-30-34(40)39-32(23-10-3-2-4-11-23)26-16-15-22-9-5-7-13-25(22)31(26)38-35(39)43-30/h2-14,17-19,32H,15-16,20H2,1H3/b30-19-/t32-/m0/s1. The second-order valence-electron chi connectivity index (χ2n) is 10.4. The van der Waals surface area contributed by atoms with Gasteiger partial charge in [-0.3, -0.25) is 9.36 Å². The maximum Gasteiger partial charge on any atom is 0.271 e. The third kappa shape index (κ3) is 5.04. The Balaban J connectivity index is 1.32. The van der Waals surface area contributed by atoms with Crippen LogP contribution < -0.4 is 24.4 Å². The Morgan fingerprint density at radius 3 is 2.60 bits per heavy atom. The van der Waals surface area contributed by atoms with Crippen LogP contribution in [-0.2, 0) is 13.0 Å². The van der Waals surface area contributed by atoms with Gasteiger partial charge in [-0.1, -0.05) is 84.1 Å². The lowest BCUT2D eigenvalue weighted by molar-refractivity contribution is 0.278. The molecule has 2 heterocycles. The number of ether oxygens (including phenoxy) is 2. The number of benzene rings is 4. The summed E-state index contributed by atoms with van der Waals surface area (Å²) in [5, 5.41) is 0. The number of hydrogen-bond acceptors (Lipinski definition) is 5. The van der Waals surface area contributed by atoms with E-state index in [0.717, 1.165) is 35.2 Å². The van der Waals surface area contributed by atoms with E-state index in [2.05, 4.69) is 46.3 Å². The van der Waals surface area contributed by atoms with Crippen molar-refractivity contribution in [3.8, 4) is 11.5 Å². The van der Waals surface area contributed by atoms with E-state index < -0.39 is 0 Å². The fourth-order valence-electron chi connectivity index (χ4n) is 5.84. The first kappa shape index (κ1) is 27.6. The molecule has 0 fully saturated rings. The minimum Gasteiger partial charge on any atom is -0.493 e. The number of halogens is 2. The van der Waals surface area contributed by atoms with Crippen molar-refractivity contribution in [3.05, 3.63) is 154 Å². The quantitative estimate of drug-likeness (QED) is 0.203. The highest BCUT2D eigenvalue weighted by Crippen LogP contribution is 2.41. The van der Waals surface area contributed by atoms with Crippen molar-refractivity contribution >= 4 is 39.0 Å². The van der Waals surface area contributed by atoms with Gasteiger partial charge < -0.3 is 9.47 Å². The third-order valence-electron chi connectivity index (χ3n) is 7.87. The lowest BCUT2D eigenvalue weighted by Gasteiger charge is -2.30. The first-order chi connectivity index (χ1) is 21.0. The molecule has 1 aliphatic heterocycles. The fourth-order valence-corrected chi connectivity index (χ4v) is 7.41. The molecule has 0 radical (unpaired) electrons. The molecule has 0 spiro atoms. The summed E-state index contributed by atoms with van der Waals surface area (Å²) < 4.78 is 28.8. The van der Waals surface area contributed by atoms with E-state index in [9.17, 15) is 9.18 Å². The second-order valence-corrected chi connectivity index (χ2v) is 12.3. The molecule has 0 unspecified atom stereocenters. The van der Waals surface area contributed by atoms with Crippen LogP contribution >= 0.6 is 27.3 Å². The van der Waals surface area contributed by atoms with Crippen LogP contribution in [0.15, 0.2) is 111 Å². The molecule has 1 atom stereocenters. The van der Waals surface area contributed by atoms with Crippen LogP contribution in [0.4, 0.5) is 4.39 Å². The minimum absolute atomic E-state index is 0.0485. The van der Waals surface area contributed by atoms with Crippen molar-refractivity contribution in [1.29, 1.82) is 0 Å². The maximum atomic E-state index is 14.2. The lowest BCUT2D eigenvalue weighted by Crippen LogP contribution is -2.38. The Morgan fingerprint density at radius 1 is 1.02 bits per heavy atom. The summed E-state index contributed by atoms with van der Waals surface area (Å²) in [7, 11) is 1.55. The number of aryl methyl sites for hydroxylation is 1. The average molecular weight is 654 g/mol. The number of rotatable bonds is 6. The number of thiazole rings is 1. The van der Waals surface area contributed by atoms with E-state index in [-0.39, 0.29) is 24.0 Å². The van der Waals surface area contributed by atoms with Crippen molar-refractivity contribution in [2.45, 2.75) is 25.5 Å². The Kier molecular flexibility index (Phi) is 7.33. The first-order valence-corrected chi connectivity index (χ1v) is 15.5. The number of aromatic nitrogens is 1. The Labute approximate surface area is 260 Å². The van der Waals surface area contributed by atoms with Gasteiger partial charge in [-0.2, -0.15) is 0 Å². The van der Waals surface area contributed by atoms with Gasteiger partial charge in [-0.25, -0.2) is 9.38 Å². The third-order valence-corrected chi connectivity index (χ3v) is 9.44. The van der Waals surface area contributed by atoms with Crippen molar-refractivity contribution < 1.29 is 13.9 Å². The van der Waals surface area contributed by atoms with Gasteiger partial charge in [0.15, 0.2) is 16.3 Å². The molecule has 43 heavy (non-hydrogen) atoms. The molecular formula is C35H26BrFN2O3S. The molecule has 0 amide bonds. The minimum atomic E-state index is -0.330. The van der Waals surface area contributed by atoms with E-state index in [4.69, 9.17) is 14.5 Å². The molecule has 2 aliphatic rings. The topological polar surface area (TPSA) is 52.8 Å². The van der Waals surface area contributed by atoms with Crippen LogP contribution in [0, 0.1) is 5.82 Å². The highest BCUT2D eigenvalue weighted by molar-refractivity contribution is 9.10. The molecule has 1 aliphatic carbocycles. The summed E-state index contributed by atoms with van der Waals surface area (Å²) in [5.41, 5.74) is 6.76. The monoisotopic (exact) mass is 652 g/mol. The van der Waals surface area contributed by atoms with Gasteiger partial charge in [-0.05, 0) is 75.3 Å². The van der Waals surface area contributed by atoms with Gasteiger partial charge in [0.05, 0.1) is 27.9 Å². The van der Waals surface area contributed by atoms with Gasteiger partial charge >= 0.3 is 0 Å². The number of methoxy groups -OCH3 is 1. The molecule has 4 aromatic carbocycles. The molecule has 0 saturated carbocycles. The summed E-state index contributed by atoms with van der Waals surface area (Å²) in [5.74, 6) is 0.599. The molecule has 5 aromatic rings. The molecule has 7 rings (SSSR count). The zero-order valence-electron chi connectivity index (χ0n) is 23.2. The van der Waals surface area contributed by atoms with Crippen molar-refractivity contribution in [2.24, 2.45) is 4.99 Å². The van der Waals surface area contributed by atoms with Crippen LogP contribution in [0.2, 0.25) is 0 Å². The zero-order valence-corrected chi connectivity index (χ0v) is 25.6. The van der Waals surface area contributed by atoms with Gasteiger partial charge in [0.2, 0.25) is 0 Å². The number of fused-ring (bicyclic) bond motifs is 3. The molecule has 5 nitrogen and oxygen atoms in total. The SMILES string of the molecule is COc1cc(/C=c2\sc3n(c2=O)[C@@H](c2ccccc2)C2=C(N=3)c3ccccc3CC2)cc(Br)c1OCc1ccccc1F. The predicted molar refractivity (Wildman–Crippen MR) is 171 cm³/mol. The summed E-state index contributed by atoms with van der Waals surface area (Å²) in [6.45, 7) is 0.0485. The van der Waals surface area contributed by atoms with E-state index in [0.29, 0.717) is 30.9 Å². The Morgan fingerprint density at radius 2 is 1.79 bits per heavy atom. The van der Waals surface area contributed by atoms with Crippen molar-refractivity contribution in [2.75, 3.05) is 7.11 Å². The largest absolute Gasteiger partial charge is 0.493 e. The maximum absolute atomic E-state index is 14.2. The van der Waals surface area contributed by atoms with Gasteiger partial charge in [0.1, 0.15) is 12.4 Å². The molecule has 0 saturated heterocycles. The highest BCUT2D eigenvalue weighted by Gasteiger charge is 2.32. The first-order valence-electron chi connectivity index (χ1n) is 13.9. The van der Waals surface area contributed by atoms with Gasteiger partial charge in [0.25, 0.3) is 5.56 Å². The lowest BCUT2D eigenvalue weighted by atomic mass is 9.83. The van der Waals surface area contributed by atoms with Crippen LogP contribution in [0.25, 0.3) is 11.8 Å². The van der Waals surface area contributed by atoms with Gasteiger partial charge in [0, 0.05) is 11.1 Å². The molecule has 0 N–H and O–H groups in total. The van der Waals surface area contributed by atoms with E-state index in [1.807, 2.05) is 47.0 Å². The zero-order chi connectivity index (χ0) is 29.5. The molecular weight excluding hydrogens is 627 g/mol. The normalized spacial score (nSPS) is 15.8.